The standard InChI is InChI=1S/C31H28N4O4S/c1-5-34(6-2)29(37)23-17(3)32-31-35(26(23)24-19-12-8-7-11-18(19)15-16-22(24)39-4)30(38)27(40-31)25-20-13-9-10-14-21(20)33-28(25)36/h7-16,26H,5-6H2,1-4H3,(H,33,36)/b27-25-/t26-/m1/s1. The number of methoxy groups -OCH3 is 1. The van der Waals surface area contributed by atoms with Crippen LogP contribution < -0.4 is 24.9 Å². The lowest BCUT2D eigenvalue weighted by Gasteiger charge is -2.30. The van der Waals surface area contributed by atoms with Crippen LogP contribution in [0.25, 0.3) is 16.3 Å². The molecule has 0 saturated carbocycles. The van der Waals surface area contributed by atoms with Crippen LogP contribution in [0.4, 0.5) is 5.69 Å². The van der Waals surface area contributed by atoms with Gasteiger partial charge in [-0.15, -0.1) is 0 Å². The largest absolute Gasteiger partial charge is 0.496 e. The summed E-state index contributed by atoms with van der Waals surface area (Å²) in [5.74, 6) is 0.0412. The molecule has 6 rings (SSSR count). The Morgan fingerprint density at radius 2 is 1.77 bits per heavy atom. The van der Waals surface area contributed by atoms with E-state index >= 15 is 0 Å². The number of nitrogens with one attached hydrogen (secondary N) is 1. The maximum absolute atomic E-state index is 14.4. The Kier molecular flexibility index (Phi) is 6.38. The minimum Gasteiger partial charge on any atom is -0.496 e. The Morgan fingerprint density at radius 3 is 2.52 bits per heavy atom. The number of allylic oxidation sites excluding steroid dienone is 1. The van der Waals surface area contributed by atoms with E-state index in [9.17, 15) is 14.4 Å². The van der Waals surface area contributed by atoms with Gasteiger partial charge in [0, 0.05) is 29.9 Å². The fourth-order valence-electron chi connectivity index (χ4n) is 5.68. The highest BCUT2D eigenvalue weighted by atomic mass is 32.1. The van der Waals surface area contributed by atoms with E-state index in [0.29, 0.717) is 57.3 Å². The van der Waals surface area contributed by atoms with Crippen molar-refractivity contribution >= 4 is 45.2 Å². The van der Waals surface area contributed by atoms with Crippen molar-refractivity contribution in [3.05, 3.63) is 103 Å². The van der Waals surface area contributed by atoms with Gasteiger partial charge in [0.1, 0.15) is 16.3 Å². The highest BCUT2D eigenvalue weighted by molar-refractivity contribution is 7.07. The van der Waals surface area contributed by atoms with Gasteiger partial charge >= 0.3 is 0 Å². The summed E-state index contributed by atoms with van der Waals surface area (Å²) >= 11 is 1.17. The van der Waals surface area contributed by atoms with Gasteiger partial charge in [-0.1, -0.05) is 59.9 Å². The van der Waals surface area contributed by atoms with Crippen LogP contribution in [0.3, 0.4) is 0 Å². The van der Waals surface area contributed by atoms with Gasteiger partial charge in [0.25, 0.3) is 17.4 Å². The average molecular weight is 553 g/mol. The van der Waals surface area contributed by atoms with Crippen molar-refractivity contribution in [1.82, 2.24) is 9.47 Å². The molecule has 3 heterocycles. The quantitative estimate of drug-likeness (QED) is 0.410. The molecule has 0 radical (unpaired) electrons. The van der Waals surface area contributed by atoms with E-state index in [1.165, 1.54) is 11.3 Å². The van der Waals surface area contributed by atoms with Crippen molar-refractivity contribution in [2.45, 2.75) is 26.8 Å². The van der Waals surface area contributed by atoms with Gasteiger partial charge in [-0.3, -0.25) is 19.0 Å². The first kappa shape index (κ1) is 25.8. The number of rotatable bonds is 5. The van der Waals surface area contributed by atoms with E-state index in [1.54, 1.807) is 23.5 Å². The maximum atomic E-state index is 14.4. The van der Waals surface area contributed by atoms with E-state index in [-0.39, 0.29) is 21.9 Å². The SMILES string of the molecule is CCN(CC)C(=O)C1=C(C)N=c2s/c(=C3\C(=O)Nc4ccccc43)c(=O)n2[C@H]1c1c(OC)ccc2ccccc12. The normalized spacial score (nSPS) is 17.3. The topological polar surface area (TPSA) is 93.0 Å². The number of nitrogens with zero attached hydrogens (tertiary/aromatic N) is 3. The van der Waals surface area contributed by atoms with Gasteiger partial charge < -0.3 is 15.0 Å². The number of ether oxygens (including phenoxy) is 1. The van der Waals surface area contributed by atoms with Crippen LogP contribution in [-0.4, -0.2) is 41.5 Å². The van der Waals surface area contributed by atoms with E-state index in [2.05, 4.69) is 5.32 Å². The second-order valence-electron chi connectivity index (χ2n) is 9.66. The summed E-state index contributed by atoms with van der Waals surface area (Å²) in [6, 6.07) is 18.2. The van der Waals surface area contributed by atoms with Gasteiger partial charge in [-0.25, -0.2) is 4.99 Å². The minimum absolute atomic E-state index is 0.187. The molecule has 8 nitrogen and oxygen atoms in total. The Morgan fingerprint density at radius 1 is 1.05 bits per heavy atom. The third kappa shape index (κ3) is 3.80. The van der Waals surface area contributed by atoms with Crippen molar-refractivity contribution < 1.29 is 14.3 Å². The molecule has 9 heteroatoms. The van der Waals surface area contributed by atoms with Crippen LogP contribution in [0.15, 0.2) is 81.7 Å². The average Bonchev–Trinajstić information content (AvgIpc) is 3.46. The summed E-state index contributed by atoms with van der Waals surface area (Å²) in [5, 5.41) is 4.69. The molecule has 0 bridgehead atoms. The molecule has 0 aliphatic carbocycles. The zero-order valence-electron chi connectivity index (χ0n) is 22.6. The number of carbonyl (C=O) groups excluding carboxylic acids is 2. The van der Waals surface area contributed by atoms with Crippen molar-refractivity contribution in [2.24, 2.45) is 4.99 Å². The predicted molar refractivity (Wildman–Crippen MR) is 156 cm³/mol. The highest BCUT2D eigenvalue weighted by Crippen LogP contribution is 2.40. The molecule has 0 fully saturated rings. The molecule has 0 spiro atoms. The summed E-state index contributed by atoms with van der Waals surface area (Å²) in [7, 11) is 1.58. The van der Waals surface area contributed by atoms with E-state index in [1.807, 2.05) is 74.5 Å². The number of hydrogen-bond donors (Lipinski definition) is 1. The molecule has 1 N–H and O–H groups in total. The molecule has 202 valence electrons. The third-order valence-corrected chi connectivity index (χ3v) is 8.65. The number of thiazole rings is 1. The molecule has 4 aromatic rings. The van der Waals surface area contributed by atoms with E-state index in [0.717, 1.165) is 10.8 Å². The van der Waals surface area contributed by atoms with Crippen molar-refractivity contribution in [1.29, 1.82) is 0 Å². The van der Waals surface area contributed by atoms with Crippen LogP contribution in [0, 0.1) is 0 Å². The summed E-state index contributed by atoms with van der Waals surface area (Å²) in [4.78, 5) is 48.5. The lowest BCUT2D eigenvalue weighted by Crippen LogP contribution is -2.43. The molecule has 1 atom stereocenters. The van der Waals surface area contributed by atoms with Gasteiger partial charge in [0.05, 0.1) is 24.0 Å². The summed E-state index contributed by atoms with van der Waals surface area (Å²) < 4.78 is 7.70. The number of fused-ring (bicyclic) bond motifs is 3. The van der Waals surface area contributed by atoms with Crippen LogP contribution >= 0.6 is 11.3 Å². The molecule has 2 aliphatic heterocycles. The number of hydrogen-bond acceptors (Lipinski definition) is 6. The number of likely N-dealkylation sites (N-methyl/N-ethyl adjacent to an activating group) is 1. The fourth-order valence-corrected chi connectivity index (χ4v) is 6.82. The highest BCUT2D eigenvalue weighted by Gasteiger charge is 2.37. The predicted octanol–water partition coefficient (Wildman–Crippen LogP) is 3.59. The smallest absolute Gasteiger partial charge is 0.271 e. The Bertz CT molecular complexity index is 1930. The lowest BCUT2D eigenvalue weighted by molar-refractivity contribution is -0.127. The molecule has 0 saturated heterocycles. The first-order chi connectivity index (χ1) is 19.4. The molecule has 40 heavy (non-hydrogen) atoms. The van der Waals surface area contributed by atoms with Crippen LogP contribution in [0.1, 0.15) is 37.9 Å². The Balaban J connectivity index is 1.73. The molecule has 3 aromatic carbocycles. The van der Waals surface area contributed by atoms with Crippen molar-refractivity contribution in [3.8, 4) is 5.75 Å². The number of aromatic nitrogens is 1. The summed E-state index contributed by atoms with van der Waals surface area (Å²) in [5.41, 5.74) is 2.94. The van der Waals surface area contributed by atoms with Gasteiger partial charge in [-0.05, 0) is 43.7 Å². The second kappa shape index (κ2) is 9.91. The van der Waals surface area contributed by atoms with E-state index in [4.69, 9.17) is 9.73 Å². The summed E-state index contributed by atoms with van der Waals surface area (Å²) in [6.45, 7) is 6.68. The molecule has 2 aliphatic rings. The molecule has 1 aromatic heterocycles. The number of anilines is 1. The lowest BCUT2D eigenvalue weighted by atomic mass is 9.90. The molecule has 0 unspecified atom stereocenters. The number of carbonyl (C=O) groups is 2. The van der Waals surface area contributed by atoms with Crippen LogP contribution in [0.2, 0.25) is 0 Å². The van der Waals surface area contributed by atoms with Crippen LogP contribution in [-0.2, 0) is 9.59 Å². The van der Waals surface area contributed by atoms with Gasteiger partial charge in [0.15, 0.2) is 4.80 Å². The zero-order valence-corrected chi connectivity index (χ0v) is 23.5. The van der Waals surface area contributed by atoms with Gasteiger partial charge in [0.2, 0.25) is 0 Å². The summed E-state index contributed by atoms with van der Waals surface area (Å²) in [6.07, 6.45) is 0. The molecular formula is C31H28N4O4S. The van der Waals surface area contributed by atoms with Crippen molar-refractivity contribution in [3.63, 3.8) is 0 Å². The Hall–Kier alpha value is -4.50. The fraction of sp³-hybridized carbons (Fsp3) is 0.226. The number of benzene rings is 3. The van der Waals surface area contributed by atoms with Gasteiger partial charge in [-0.2, -0.15) is 0 Å². The molecular weight excluding hydrogens is 524 g/mol. The first-order valence-corrected chi connectivity index (χ1v) is 14.0. The van der Waals surface area contributed by atoms with Crippen LogP contribution in [0.5, 0.6) is 5.75 Å². The first-order valence-electron chi connectivity index (χ1n) is 13.2. The zero-order chi connectivity index (χ0) is 28.1. The van der Waals surface area contributed by atoms with E-state index < -0.39 is 6.04 Å². The molecule has 2 amide bonds. The Labute approximate surface area is 234 Å². The maximum Gasteiger partial charge on any atom is 0.271 e. The monoisotopic (exact) mass is 552 g/mol. The van der Waals surface area contributed by atoms with Crippen molar-refractivity contribution in [2.75, 3.05) is 25.5 Å². The third-order valence-electron chi connectivity index (χ3n) is 7.60. The number of amides is 2. The minimum atomic E-state index is -0.806. The second-order valence-corrected chi connectivity index (χ2v) is 10.6. The number of para-hydroxylation sites is 1.